The Kier molecular flexibility index (Phi) is 8.79. The summed E-state index contributed by atoms with van der Waals surface area (Å²) in [4.78, 5) is 32.3. The molecule has 1 aliphatic carbocycles. The molecule has 3 heterocycles. The summed E-state index contributed by atoms with van der Waals surface area (Å²) in [7, 11) is 0. The monoisotopic (exact) mass is 668 g/mol. The molecule has 0 aromatic heterocycles. The van der Waals surface area contributed by atoms with E-state index in [9.17, 15) is 14.7 Å². The molecular weight excluding hydrogens is 624 g/mol. The number of hydrogen-bond donors (Lipinski definition) is 2. The van der Waals surface area contributed by atoms with Crippen LogP contribution in [-0.4, -0.2) is 72.1 Å². The van der Waals surface area contributed by atoms with Crippen molar-refractivity contribution in [1.82, 2.24) is 15.1 Å². The molecule has 4 aromatic rings. The number of hydrogen-bond acceptors (Lipinski definition) is 6. The van der Waals surface area contributed by atoms with Gasteiger partial charge in [-0.3, -0.25) is 14.5 Å². The molecule has 2 saturated heterocycles. The molecule has 50 heavy (non-hydrogen) atoms. The standard InChI is InChI=1S/C42H44N4O4/c1-28-7-18-39(41(48)43-28)46-27-32-25-33(11-16-38(32)42(46)49)45-21-19-44(20-22-45)23-24-50-35-13-8-30(9-14-35)40-36(29-5-3-2-4-6-29)15-10-31-26-34(47)12-17-37(31)40/h2-6,8-9,11-14,16-17,25-26,36,39-40,47H,1,7,10,15,18-24,27H2,(H,43,48)/t36-,39?,40+/m1/s1. The number of carbonyl (C=O) groups excluding carboxylic acids is 2. The molecule has 0 saturated carbocycles. The van der Waals surface area contributed by atoms with E-state index in [1.54, 1.807) is 4.90 Å². The summed E-state index contributed by atoms with van der Waals surface area (Å²) in [6.07, 6.45) is 3.31. The number of nitrogens with one attached hydrogen (secondary N) is 1. The molecule has 256 valence electrons. The van der Waals surface area contributed by atoms with Crippen LogP contribution in [0.2, 0.25) is 0 Å². The molecule has 1 unspecified atom stereocenters. The van der Waals surface area contributed by atoms with Gasteiger partial charge in [0.05, 0.1) is 0 Å². The first-order valence-corrected chi connectivity index (χ1v) is 17.9. The van der Waals surface area contributed by atoms with Gasteiger partial charge < -0.3 is 25.0 Å². The Morgan fingerprint density at radius 3 is 2.40 bits per heavy atom. The number of nitrogens with zero attached hydrogens (tertiary/aromatic N) is 3. The lowest BCUT2D eigenvalue weighted by Crippen LogP contribution is -2.49. The molecule has 0 radical (unpaired) electrons. The Morgan fingerprint density at radius 1 is 0.820 bits per heavy atom. The summed E-state index contributed by atoms with van der Waals surface area (Å²) >= 11 is 0. The van der Waals surface area contributed by atoms with Gasteiger partial charge in [0.25, 0.3) is 5.91 Å². The normalized spacial score (nSPS) is 22.2. The molecule has 2 N–H and O–H groups in total. The van der Waals surface area contributed by atoms with Crippen molar-refractivity contribution in [3.05, 3.63) is 137 Å². The summed E-state index contributed by atoms with van der Waals surface area (Å²) in [5, 5.41) is 13.0. The summed E-state index contributed by atoms with van der Waals surface area (Å²) in [6, 6.07) is 30.9. The quantitative estimate of drug-likeness (QED) is 0.233. The third-order valence-corrected chi connectivity index (χ3v) is 11.1. The van der Waals surface area contributed by atoms with Gasteiger partial charge in [0.15, 0.2) is 0 Å². The van der Waals surface area contributed by atoms with Crippen LogP contribution >= 0.6 is 0 Å². The topological polar surface area (TPSA) is 85.4 Å². The predicted octanol–water partition coefficient (Wildman–Crippen LogP) is 6.20. The highest BCUT2D eigenvalue weighted by atomic mass is 16.5. The number of aromatic hydroxyl groups is 1. The van der Waals surface area contributed by atoms with Gasteiger partial charge in [-0.15, -0.1) is 0 Å². The lowest BCUT2D eigenvalue weighted by Gasteiger charge is -2.36. The zero-order valence-electron chi connectivity index (χ0n) is 28.4. The minimum absolute atomic E-state index is 0.0597. The van der Waals surface area contributed by atoms with E-state index in [1.807, 2.05) is 24.3 Å². The average Bonchev–Trinajstić information content (AvgIpc) is 3.47. The van der Waals surface area contributed by atoms with E-state index in [0.29, 0.717) is 43.2 Å². The smallest absolute Gasteiger partial charge is 0.255 e. The molecule has 8 heteroatoms. The summed E-state index contributed by atoms with van der Waals surface area (Å²) in [6.45, 7) is 9.49. The van der Waals surface area contributed by atoms with Crippen molar-refractivity contribution >= 4 is 17.5 Å². The number of rotatable bonds is 8. The van der Waals surface area contributed by atoms with Crippen LogP contribution in [-0.2, 0) is 17.8 Å². The Morgan fingerprint density at radius 2 is 1.62 bits per heavy atom. The van der Waals surface area contributed by atoms with Crippen LogP contribution in [0.15, 0.2) is 103 Å². The number of piperazine rings is 1. The third kappa shape index (κ3) is 6.36. The van der Waals surface area contributed by atoms with Gasteiger partial charge in [0.1, 0.15) is 24.1 Å². The fourth-order valence-electron chi connectivity index (χ4n) is 8.41. The zero-order valence-corrected chi connectivity index (χ0v) is 28.4. The molecule has 0 bridgehead atoms. The van der Waals surface area contributed by atoms with E-state index in [1.165, 1.54) is 22.3 Å². The molecule has 2 fully saturated rings. The van der Waals surface area contributed by atoms with E-state index in [-0.39, 0.29) is 17.7 Å². The number of phenols is 1. The zero-order chi connectivity index (χ0) is 34.2. The number of phenolic OH excluding ortho intramolecular Hbond substituents is 1. The number of allylic oxidation sites excluding steroid dienone is 1. The number of aryl methyl sites for hydroxylation is 1. The minimum Gasteiger partial charge on any atom is -0.508 e. The first-order valence-electron chi connectivity index (χ1n) is 17.9. The van der Waals surface area contributed by atoms with Crippen molar-refractivity contribution in [1.29, 1.82) is 0 Å². The maximum atomic E-state index is 13.2. The molecule has 2 amide bonds. The second kappa shape index (κ2) is 13.7. The van der Waals surface area contributed by atoms with Gasteiger partial charge in [0, 0.05) is 62.1 Å². The number of fused-ring (bicyclic) bond motifs is 2. The molecule has 3 aliphatic heterocycles. The van der Waals surface area contributed by atoms with Crippen LogP contribution in [0.4, 0.5) is 5.69 Å². The van der Waals surface area contributed by atoms with Crippen molar-refractivity contribution in [3.63, 3.8) is 0 Å². The molecule has 0 spiro atoms. The van der Waals surface area contributed by atoms with Crippen molar-refractivity contribution in [2.45, 2.75) is 50.1 Å². The largest absolute Gasteiger partial charge is 0.508 e. The Hall–Kier alpha value is -5.08. The van der Waals surface area contributed by atoms with Crippen LogP contribution in [0.25, 0.3) is 0 Å². The maximum absolute atomic E-state index is 13.2. The highest BCUT2D eigenvalue weighted by Gasteiger charge is 2.38. The number of piperidine rings is 1. The number of ether oxygens (including phenoxy) is 1. The van der Waals surface area contributed by atoms with Crippen LogP contribution in [0.1, 0.15) is 69.3 Å². The lowest BCUT2D eigenvalue weighted by molar-refractivity contribution is -0.126. The Balaban J connectivity index is 0.851. The third-order valence-electron chi connectivity index (χ3n) is 11.1. The van der Waals surface area contributed by atoms with Gasteiger partial charge in [-0.25, -0.2) is 0 Å². The van der Waals surface area contributed by atoms with Crippen molar-refractivity contribution < 1.29 is 19.4 Å². The molecule has 8 rings (SSSR count). The van der Waals surface area contributed by atoms with E-state index >= 15 is 0 Å². The Labute approximate surface area is 294 Å². The van der Waals surface area contributed by atoms with Gasteiger partial charge in [-0.1, -0.05) is 55.1 Å². The lowest BCUT2D eigenvalue weighted by atomic mass is 9.69. The highest BCUT2D eigenvalue weighted by Crippen LogP contribution is 2.47. The average molecular weight is 669 g/mol. The molecule has 3 atom stereocenters. The van der Waals surface area contributed by atoms with Gasteiger partial charge in [-0.2, -0.15) is 0 Å². The number of amides is 2. The number of carbonyl (C=O) groups is 2. The number of anilines is 1. The minimum atomic E-state index is -0.440. The summed E-state index contributed by atoms with van der Waals surface area (Å²) < 4.78 is 6.24. The SMILES string of the molecule is C=C1CCC(N2Cc3cc(N4CCN(CCOc5ccc([C@@H]6c7ccc(O)cc7CC[C@@H]6c6ccccc6)cc5)CC4)ccc3C2=O)C(=O)N1. The summed E-state index contributed by atoms with van der Waals surface area (Å²) in [5.41, 5.74) is 8.70. The first kappa shape index (κ1) is 32.1. The Bertz CT molecular complexity index is 1900. The van der Waals surface area contributed by atoms with Gasteiger partial charge in [-0.05, 0) is 102 Å². The van der Waals surface area contributed by atoms with E-state index in [0.717, 1.165) is 68.3 Å². The van der Waals surface area contributed by atoms with E-state index in [4.69, 9.17) is 4.74 Å². The predicted molar refractivity (Wildman–Crippen MR) is 195 cm³/mol. The van der Waals surface area contributed by atoms with Gasteiger partial charge >= 0.3 is 0 Å². The molecule has 4 aromatic carbocycles. The van der Waals surface area contributed by atoms with Gasteiger partial charge in [0.2, 0.25) is 5.91 Å². The van der Waals surface area contributed by atoms with Crippen LogP contribution in [0.3, 0.4) is 0 Å². The molecule has 8 nitrogen and oxygen atoms in total. The fraction of sp³-hybridized carbons (Fsp3) is 0.333. The second-order valence-electron chi connectivity index (χ2n) is 14.1. The van der Waals surface area contributed by atoms with E-state index in [2.05, 4.69) is 88.4 Å². The summed E-state index contributed by atoms with van der Waals surface area (Å²) in [5.74, 6) is 1.61. The van der Waals surface area contributed by atoms with Crippen LogP contribution in [0, 0.1) is 0 Å². The number of benzene rings is 4. The van der Waals surface area contributed by atoms with Crippen molar-refractivity contribution in [3.8, 4) is 11.5 Å². The van der Waals surface area contributed by atoms with Crippen LogP contribution < -0.4 is 15.0 Å². The maximum Gasteiger partial charge on any atom is 0.255 e. The van der Waals surface area contributed by atoms with E-state index < -0.39 is 6.04 Å². The fourth-order valence-corrected chi connectivity index (χ4v) is 8.41. The molecular formula is C42H44N4O4. The molecule has 4 aliphatic rings. The second-order valence-corrected chi connectivity index (χ2v) is 14.1. The van der Waals surface area contributed by atoms with Crippen molar-refractivity contribution in [2.24, 2.45) is 0 Å². The highest BCUT2D eigenvalue weighted by molar-refractivity contribution is 6.01. The van der Waals surface area contributed by atoms with Crippen molar-refractivity contribution in [2.75, 3.05) is 44.2 Å². The first-order chi connectivity index (χ1) is 24.4. The van der Waals surface area contributed by atoms with Crippen LogP contribution in [0.5, 0.6) is 11.5 Å².